The van der Waals surface area contributed by atoms with Crippen molar-refractivity contribution >= 4 is 17.3 Å². The number of nitrogens with zero attached hydrogens (tertiary/aromatic N) is 4. The summed E-state index contributed by atoms with van der Waals surface area (Å²) in [6, 6.07) is 8.83. The lowest BCUT2D eigenvalue weighted by molar-refractivity contribution is -0.146. The highest BCUT2D eigenvalue weighted by Gasteiger charge is 2.30. The number of pyridine rings is 2. The van der Waals surface area contributed by atoms with E-state index in [9.17, 15) is 9.18 Å². The third-order valence-electron chi connectivity index (χ3n) is 7.78. The lowest BCUT2D eigenvalue weighted by Gasteiger charge is -2.40. The summed E-state index contributed by atoms with van der Waals surface area (Å²) >= 11 is 0. The number of hydrogen-bond donors (Lipinski definition) is 0. The standard InChI is InChI=1S/C33H43FN4O3/c1-22(2)41-31(39)19-27-24(4)35-21-28(32(27)38-14-12-33(5,6)13-15-38)30-11-8-25(20-36-30)37(7)16-17-40-26-9-10-29(34)23(3)18-26/h8-11,18,20-22H,12-17,19H2,1-7H3. The van der Waals surface area contributed by atoms with Crippen LogP contribution in [0.4, 0.5) is 15.8 Å². The zero-order valence-corrected chi connectivity index (χ0v) is 25.5. The highest BCUT2D eigenvalue weighted by molar-refractivity contribution is 5.84. The van der Waals surface area contributed by atoms with Crippen LogP contribution in [0.25, 0.3) is 11.3 Å². The van der Waals surface area contributed by atoms with Crippen LogP contribution in [0, 0.1) is 25.1 Å². The number of ether oxygens (including phenoxy) is 2. The molecule has 3 aromatic rings. The zero-order chi connectivity index (χ0) is 29.7. The van der Waals surface area contributed by atoms with Gasteiger partial charge in [0.25, 0.3) is 0 Å². The Morgan fingerprint density at radius 1 is 1.10 bits per heavy atom. The molecule has 0 amide bonds. The van der Waals surface area contributed by atoms with E-state index in [1.165, 1.54) is 6.07 Å². The molecule has 0 saturated carbocycles. The Morgan fingerprint density at radius 2 is 1.83 bits per heavy atom. The summed E-state index contributed by atoms with van der Waals surface area (Å²) < 4.78 is 24.9. The molecule has 1 aromatic carbocycles. The number of anilines is 2. The van der Waals surface area contributed by atoms with Crippen LogP contribution in [0.5, 0.6) is 5.75 Å². The topological polar surface area (TPSA) is 67.8 Å². The van der Waals surface area contributed by atoms with Crippen LogP contribution in [0.3, 0.4) is 0 Å². The first-order valence-electron chi connectivity index (χ1n) is 14.4. The Labute approximate surface area is 243 Å². The maximum atomic E-state index is 13.5. The molecule has 0 bridgehead atoms. The number of rotatable bonds is 10. The molecule has 3 heterocycles. The van der Waals surface area contributed by atoms with Gasteiger partial charge in [-0.05, 0) is 81.8 Å². The van der Waals surface area contributed by atoms with Gasteiger partial charge in [0.2, 0.25) is 0 Å². The van der Waals surface area contributed by atoms with Gasteiger partial charge >= 0.3 is 5.97 Å². The second kappa shape index (κ2) is 12.9. The van der Waals surface area contributed by atoms with Gasteiger partial charge in [-0.25, -0.2) is 4.39 Å². The average molecular weight is 563 g/mol. The average Bonchev–Trinajstić information content (AvgIpc) is 2.91. The summed E-state index contributed by atoms with van der Waals surface area (Å²) in [6.45, 7) is 14.9. The fourth-order valence-corrected chi connectivity index (χ4v) is 5.09. The van der Waals surface area contributed by atoms with E-state index in [0.29, 0.717) is 29.9 Å². The molecule has 7 nitrogen and oxygen atoms in total. The Bertz CT molecular complexity index is 1350. The Balaban J connectivity index is 1.55. The van der Waals surface area contributed by atoms with E-state index < -0.39 is 0 Å². The normalized spacial score (nSPS) is 14.7. The molecule has 0 spiro atoms. The number of piperidine rings is 1. The largest absolute Gasteiger partial charge is 0.492 e. The first kappa shape index (κ1) is 30.3. The van der Waals surface area contributed by atoms with Crippen LogP contribution in [0.2, 0.25) is 0 Å². The van der Waals surface area contributed by atoms with Gasteiger partial charge in [-0.15, -0.1) is 0 Å². The van der Waals surface area contributed by atoms with Crippen molar-refractivity contribution in [1.82, 2.24) is 9.97 Å². The minimum Gasteiger partial charge on any atom is -0.492 e. The van der Waals surface area contributed by atoms with E-state index >= 15 is 0 Å². The molecule has 220 valence electrons. The molecule has 0 N–H and O–H groups in total. The molecule has 0 radical (unpaired) electrons. The highest BCUT2D eigenvalue weighted by atomic mass is 19.1. The second-order valence-electron chi connectivity index (χ2n) is 12.0. The summed E-state index contributed by atoms with van der Waals surface area (Å²) in [6.07, 6.45) is 5.88. The SMILES string of the molecule is Cc1cc(OCCN(C)c2ccc(-c3cnc(C)c(CC(=O)OC(C)C)c3N3CCC(C)(C)CC3)nc2)ccc1F. The van der Waals surface area contributed by atoms with Crippen molar-refractivity contribution in [1.29, 1.82) is 0 Å². The fourth-order valence-electron chi connectivity index (χ4n) is 5.09. The maximum Gasteiger partial charge on any atom is 0.310 e. The van der Waals surface area contributed by atoms with E-state index in [0.717, 1.165) is 59.8 Å². The van der Waals surface area contributed by atoms with Crippen molar-refractivity contribution in [2.75, 3.05) is 43.1 Å². The van der Waals surface area contributed by atoms with Gasteiger partial charge in [0.15, 0.2) is 0 Å². The molecule has 0 unspecified atom stereocenters. The van der Waals surface area contributed by atoms with Crippen molar-refractivity contribution < 1.29 is 18.7 Å². The minimum atomic E-state index is -0.247. The minimum absolute atomic E-state index is 0.172. The number of hydrogen-bond acceptors (Lipinski definition) is 7. The predicted molar refractivity (Wildman–Crippen MR) is 162 cm³/mol. The number of likely N-dealkylation sites (N-methyl/N-ethyl adjacent to an activating group) is 1. The summed E-state index contributed by atoms with van der Waals surface area (Å²) in [5, 5.41) is 0. The van der Waals surface area contributed by atoms with Crippen LogP contribution in [-0.4, -0.2) is 55.3 Å². The molecule has 1 saturated heterocycles. The smallest absolute Gasteiger partial charge is 0.310 e. The Hall–Kier alpha value is -3.68. The lowest BCUT2D eigenvalue weighted by atomic mass is 9.82. The highest BCUT2D eigenvalue weighted by Crippen LogP contribution is 2.39. The van der Waals surface area contributed by atoms with Crippen LogP contribution < -0.4 is 14.5 Å². The maximum absolute atomic E-state index is 13.5. The van der Waals surface area contributed by atoms with Gasteiger partial charge in [0.05, 0.1) is 42.3 Å². The number of carbonyl (C=O) groups is 1. The molecular formula is C33H43FN4O3. The third-order valence-corrected chi connectivity index (χ3v) is 7.78. The van der Waals surface area contributed by atoms with E-state index in [4.69, 9.17) is 14.5 Å². The molecule has 41 heavy (non-hydrogen) atoms. The number of halogens is 1. The predicted octanol–water partition coefficient (Wildman–Crippen LogP) is 6.54. The number of aryl methyl sites for hydroxylation is 2. The van der Waals surface area contributed by atoms with Crippen molar-refractivity contribution in [2.45, 2.75) is 66.9 Å². The lowest BCUT2D eigenvalue weighted by Crippen LogP contribution is -2.38. The summed E-state index contributed by atoms with van der Waals surface area (Å²) in [7, 11) is 1.99. The van der Waals surface area contributed by atoms with Gasteiger partial charge in [-0.2, -0.15) is 0 Å². The van der Waals surface area contributed by atoms with Gasteiger partial charge < -0.3 is 19.3 Å². The van der Waals surface area contributed by atoms with Crippen molar-refractivity contribution in [3.05, 3.63) is 65.4 Å². The molecule has 8 heteroatoms. The number of aromatic nitrogens is 2. The number of benzene rings is 1. The first-order valence-corrected chi connectivity index (χ1v) is 14.4. The molecule has 1 fully saturated rings. The Kier molecular flexibility index (Phi) is 9.51. The summed E-state index contributed by atoms with van der Waals surface area (Å²) in [5.41, 5.74) is 6.32. The van der Waals surface area contributed by atoms with Gasteiger partial charge in [-0.3, -0.25) is 14.8 Å². The Morgan fingerprint density at radius 3 is 2.46 bits per heavy atom. The van der Waals surface area contributed by atoms with E-state index in [1.807, 2.05) is 52.3 Å². The van der Waals surface area contributed by atoms with Crippen LogP contribution in [0.15, 0.2) is 42.7 Å². The molecular weight excluding hydrogens is 519 g/mol. The number of carbonyl (C=O) groups excluding carboxylic acids is 1. The van der Waals surface area contributed by atoms with Crippen molar-refractivity contribution in [3.63, 3.8) is 0 Å². The van der Waals surface area contributed by atoms with E-state index in [-0.39, 0.29) is 24.3 Å². The molecule has 2 aromatic heterocycles. The monoisotopic (exact) mass is 562 g/mol. The molecule has 0 atom stereocenters. The molecule has 1 aliphatic heterocycles. The van der Waals surface area contributed by atoms with E-state index in [1.54, 1.807) is 19.1 Å². The second-order valence-corrected chi connectivity index (χ2v) is 12.0. The van der Waals surface area contributed by atoms with Crippen molar-refractivity contribution in [3.8, 4) is 17.0 Å². The molecule has 4 rings (SSSR count). The van der Waals surface area contributed by atoms with Gasteiger partial charge in [-0.1, -0.05) is 13.8 Å². The van der Waals surface area contributed by atoms with E-state index in [2.05, 4.69) is 28.6 Å². The first-order chi connectivity index (χ1) is 19.4. The quantitative estimate of drug-likeness (QED) is 0.260. The number of esters is 1. The van der Waals surface area contributed by atoms with Crippen molar-refractivity contribution in [2.24, 2.45) is 5.41 Å². The van der Waals surface area contributed by atoms with Gasteiger partial charge in [0, 0.05) is 43.2 Å². The zero-order valence-electron chi connectivity index (χ0n) is 25.5. The van der Waals surface area contributed by atoms with Crippen LogP contribution in [0.1, 0.15) is 57.4 Å². The summed E-state index contributed by atoms with van der Waals surface area (Å²) in [4.78, 5) is 26.8. The third kappa shape index (κ3) is 7.75. The molecule has 1 aliphatic rings. The van der Waals surface area contributed by atoms with Gasteiger partial charge in [0.1, 0.15) is 18.2 Å². The molecule has 0 aliphatic carbocycles. The summed E-state index contributed by atoms with van der Waals surface area (Å²) in [5.74, 6) is 0.169. The van der Waals surface area contributed by atoms with Crippen LogP contribution in [-0.2, 0) is 16.0 Å². The fraction of sp³-hybridized carbons (Fsp3) is 0.485. The van der Waals surface area contributed by atoms with Crippen LogP contribution >= 0.6 is 0 Å².